The highest BCUT2D eigenvalue weighted by Crippen LogP contribution is 2.33. The molecule has 1 saturated heterocycles. The van der Waals surface area contributed by atoms with E-state index in [0.29, 0.717) is 51.5 Å². The Morgan fingerprint density at radius 1 is 1.15 bits per heavy atom. The number of thiazole rings is 1. The minimum absolute atomic E-state index is 0.0840. The molecule has 1 aliphatic rings. The van der Waals surface area contributed by atoms with Crippen LogP contribution in [-0.2, 0) is 11.8 Å². The monoisotopic (exact) mass is 561 g/mol. The molecule has 0 spiro atoms. The van der Waals surface area contributed by atoms with Crippen molar-refractivity contribution in [3.63, 3.8) is 0 Å². The molecule has 2 N–H and O–H groups in total. The van der Waals surface area contributed by atoms with Crippen LogP contribution in [0.25, 0.3) is 21.3 Å². The van der Waals surface area contributed by atoms with Gasteiger partial charge in [-0.05, 0) is 50.8 Å². The smallest absolute Gasteiger partial charge is 0.406 e. The number of nitrogens with zero attached hydrogens (tertiary/aromatic N) is 5. The van der Waals surface area contributed by atoms with Crippen LogP contribution in [0.2, 0.25) is 0 Å². The molecule has 4 aromatic rings. The summed E-state index contributed by atoms with van der Waals surface area (Å²) in [6.45, 7) is 1.23. The Morgan fingerprint density at radius 2 is 1.95 bits per heavy atom. The van der Waals surface area contributed by atoms with Gasteiger partial charge in [-0.1, -0.05) is 11.3 Å². The number of likely N-dealkylation sites (tertiary alicyclic amines) is 1. The minimum atomic E-state index is -4.78. The van der Waals surface area contributed by atoms with E-state index in [1.165, 1.54) is 18.2 Å². The number of nitrogens with one attached hydrogen (secondary N) is 2. The molecule has 0 bridgehead atoms. The van der Waals surface area contributed by atoms with Gasteiger partial charge in [0.2, 0.25) is 11.9 Å². The zero-order valence-electron chi connectivity index (χ0n) is 21.4. The molecule has 14 heteroatoms. The Labute approximate surface area is 225 Å². The zero-order valence-corrected chi connectivity index (χ0v) is 22.2. The second kappa shape index (κ2) is 10.3. The van der Waals surface area contributed by atoms with Gasteiger partial charge < -0.3 is 29.7 Å². The van der Waals surface area contributed by atoms with E-state index < -0.39 is 6.36 Å². The van der Waals surface area contributed by atoms with Gasteiger partial charge in [0.1, 0.15) is 5.75 Å². The lowest BCUT2D eigenvalue weighted by Gasteiger charge is -2.20. The standard InChI is InChI=1S/C25H26F3N7O3S/c1-33(2)15-8-9-35(13-15)21(36)12-29-22(37)14-4-7-19-18(10-14)30-23(34(19)3)32-24-31-17-6-5-16(11-20(17)39-24)38-25(26,27)28/h4-7,10-11,15H,8-9,12-13H2,1-3H3,(H,29,37)(H,30,31,32)/t15-/m0/s1. The summed E-state index contributed by atoms with van der Waals surface area (Å²) >= 11 is 1.15. The average Bonchev–Trinajstić information content (AvgIpc) is 3.59. The fraction of sp³-hybridized carbons (Fsp3) is 0.360. The number of carbonyl (C=O) groups excluding carboxylic acids is 2. The Hall–Kier alpha value is -3.91. The number of aromatic nitrogens is 3. The van der Waals surface area contributed by atoms with Gasteiger partial charge in [0.25, 0.3) is 5.91 Å². The number of halogens is 3. The molecule has 0 saturated carbocycles. The molecule has 1 fully saturated rings. The largest absolute Gasteiger partial charge is 0.573 e. The van der Waals surface area contributed by atoms with E-state index in [4.69, 9.17) is 0 Å². The Morgan fingerprint density at radius 3 is 2.67 bits per heavy atom. The lowest BCUT2D eigenvalue weighted by atomic mass is 10.2. The molecular formula is C25H26F3N7O3S. The van der Waals surface area contributed by atoms with Crippen molar-refractivity contribution < 1.29 is 27.5 Å². The molecule has 5 rings (SSSR count). The number of fused-ring (bicyclic) bond motifs is 2. The third kappa shape index (κ3) is 5.91. The maximum Gasteiger partial charge on any atom is 0.573 e. The van der Waals surface area contributed by atoms with Crippen LogP contribution >= 0.6 is 11.3 Å². The van der Waals surface area contributed by atoms with Crippen molar-refractivity contribution >= 4 is 55.5 Å². The molecule has 2 aromatic carbocycles. The molecule has 3 heterocycles. The van der Waals surface area contributed by atoms with Crippen molar-refractivity contribution in [2.75, 3.05) is 39.0 Å². The predicted molar refractivity (Wildman–Crippen MR) is 141 cm³/mol. The number of imidazole rings is 1. The van der Waals surface area contributed by atoms with Crippen LogP contribution in [0.15, 0.2) is 36.4 Å². The first kappa shape index (κ1) is 26.7. The van der Waals surface area contributed by atoms with Gasteiger partial charge in [0.05, 0.1) is 27.8 Å². The topological polar surface area (TPSA) is 105 Å². The van der Waals surface area contributed by atoms with Gasteiger partial charge in [-0.25, -0.2) is 9.97 Å². The molecule has 39 heavy (non-hydrogen) atoms. The van der Waals surface area contributed by atoms with Crippen LogP contribution < -0.4 is 15.4 Å². The Bertz CT molecular complexity index is 1550. The van der Waals surface area contributed by atoms with Gasteiger partial charge >= 0.3 is 6.36 Å². The van der Waals surface area contributed by atoms with Crippen LogP contribution in [0.1, 0.15) is 16.8 Å². The second-order valence-corrected chi connectivity index (χ2v) is 10.5. The van der Waals surface area contributed by atoms with E-state index in [0.717, 1.165) is 23.3 Å². The lowest BCUT2D eigenvalue weighted by molar-refractivity contribution is -0.274. The quantitative estimate of drug-likeness (QED) is 0.355. The third-order valence-electron chi connectivity index (χ3n) is 6.60. The van der Waals surface area contributed by atoms with E-state index in [1.807, 2.05) is 14.1 Å². The number of anilines is 2. The summed E-state index contributed by atoms with van der Waals surface area (Å²) < 4.78 is 43.9. The van der Waals surface area contributed by atoms with Gasteiger partial charge in [-0.15, -0.1) is 13.2 Å². The van der Waals surface area contributed by atoms with Gasteiger partial charge in [0.15, 0.2) is 5.13 Å². The summed E-state index contributed by atoms with van der Waals surface area (Å²) in [6.07, 6.45) is -3.87. The van der Waals surface area contributed by atoms with E-state index in [9.17, 15) is 22.8 Å². The zero-order chi connectivity index (χ0) is 27.9. The van der Waals surface area contributed by atoms with Crippen molar-refractivity contribution in [1.29, 1.82) is 0 Å². The van der Waals surface area contributed by atoms with E-state index >= 15 is 0 Å². The van der Waals surface area contributed by atoms with Crippen LogP contribution in [0.5, 0.6) is 5.75 Å². The molecule has 10 nitrogen and oxygen atoms in total. The molecule has 0 radical (unpaired) electrons. The molecule has 206 valence electrons. The van der Waals surface area contributed by atoms with Crippen LogP contribution in [0.4, 0.5) is 24.3 Å². The number of likely N-dealkylation sites (N-methyl/N-ethyl adjacent to an activating group) is 1. The van der Waals surface area contributed by atoms with Crippen LogP contribution in [0.3, 0.4) is 0 Å². The number of alkyl halides is 3. The molecule has 0 aliphatic carbocycles. The highest BCUT2D eigenvalue weighted by atomic mass is 32.1. The summed E-state index contributed by atoms with van der Waals surface area (Å²) in [6, 6.07) is 9.31. The first-order valence-electron chi connectivity index (χ1n) is 12.1. The lowest BCUT2D eigenvalue weighted by Crippen LogP contribution is -2.40. The maximum atomic E-state index is 12.7. The minimum Gasteiger partial charge on any atom is -0.406 e. The SMILES string of the molecule is CN(C)[C@H]1CCN(C(=O)CNC(=O)c2ccc3c(c2)nc(Nc2nc4ccc(OC(F)(F)F)cc4s2)n3C)C1. The highest BCUT2D eigenvalue weighted by molar-refractivity contribution is 7.22. The van der Waals surface area contributed by atoms with E-state index in [1.54, 1.807) is 34.7 Å². The molecule has 2 amide bonds. The number of amides is 2. The van der Waals surface area contributed by atoms with E-state index in [2.05, 4.69) is 30.2 Å². The Kier molecular flexibility index (Phi) is 7.07. The third-order valence-corrected chi connectivity index (χ3v) is 7.54. The van der Waals surface area contributed by atoms with Crippen molar-refractivity contribution in [3.8, 4) is 5.75 Å². The van der Waals surface area contributed by atoms with Crippen LogP contribution in [-0.4, -0.2) is 82.3 Å². The predicted octanol–water partition coefficient (Wildman–Crippen LogP) is 3.72. The first-order chi connectivity index (χ1) is 18.5. The maximum absolute atomic E-state index is 12.7. The molecule has 0 unspecified atom stereocenters. The number of carbonyl (C=O) groups is 2. The summed E-state index contributed by atoms with van der Waals surface area (Å²) in [7, 11) is 5.76. The van der Waals surface area contributed by atoms with Crippen molar-refractivity contribution in [2.24, 2.45) is 7.05 Å². The first-order valence-corrected chi connectivity index (χ1v) is 12.9. The molecule has 1 aliphatic heterocycles. The summed E-state index contributed by atoms with van der Waals surface area (Å²) in [4.78, 5) is 38.1. The molecule has 1 atom stereocenters. The van der Waals surface area contributed by atoms with Gasteiger partial charge in [0, 0.05) is 37.8 Å². The highest BCUT2D eigenvalue weighted by Gasteiger charge is 2.31. The van der Waals surface area contributed by atoms with Crippen molar-refractivity contribution in [2.45, 2.75) is 18.8 Å². The number of benzene rings is 2. The average molecular weight is 562 g/mol. The number of rotatable bonds is 7. The van der Waals surface area contributed by atoms with Gasteiger partial charge in [-0.3, -0.25) is 9.59 Å². The van der Waals surface area contributed by atoms with Crippen molar-refractivity contribution in [1.82, 2.24) is 29.7 Å². The van der Waals surface area contributed by atoms with Gasteiger partial charge in [-0.2, -0.15) is 0 Å². The fourth-order valence-corrected chi connectivity index (χ4v) is 5.35. The molecular weight excluding hydrogens is 535 g/mol. The second-order valence-electron chi connectivity index (χ2n) is 9.45. The summed E-state index contributed by atoms with van der Waals surface area (Å²) in [5.74, 6) is -0.380. The normalized spacial score (nSPS) is 15.9. The number of hydrogen-bond donors (Lipinski definition) is 2. The van der Waals surface area contributed by atoms with E-state index in [-0.39, 0.29) is 24.1 Å². The number of hydrogen-bond acceptors (Lipinski definition) is 8. The van der Waals surface area contributed by atoms with Crippen molar-refractivity contribution in [3.05, 3.63) is 42.0 Å². The van der Waals surface area contributed by atoms with Crippen LogP contribution in [0, 0.1) is 0 Å². The summed E-state index contributed by atoms with van der Waals surface area (Å²) in [5, 5.41) is 6.22. The number of ether oxygens (including phenoxy) is 1. The number of aryl methyl sites for hydroxylation is 1. The summed E-state index contributed by atoms with van der Waals surface area (Å²) in [5.41, 5.74) is 2.17. The Balaban J connectivity index is 1.26. The fourth-order valence-electron chi connectivity index (χ4n) is 4.46. The molecule has 2 aromatic heterocycles.